The molecule has 0 N–H and O–H groups in total. The first-order valence-corrected chi connectivity index (χ1v) is 8.81. The van der Waals surface area contributed by atoms with Crippen molar-refractivity contribution in [1.29, 1.82) is 0 Å². The Bertz CT molecular complexity index is 643. The summed E-state index contributed by atoms with van der Waals surface area (Å²) in [5.74, 6) is 0.0880. The van der Waals surface area contributed by atoms with Crippen LogP contribution in [0.3, 0.4) is 0 Å². The smallest absolute Gasteiger partial charge is 0.272 e. The number of fused-ring (bicyclic) bond motifs is 1. The highest BCUT2D eigenvalue weighted by molar-refractivity contribution is 9.10. The van der Waals surface area contributed by atoms with Crippen molar-refractivity contribution in [2.24, 2.45) is 0 Å². The highest BCUT2D eigenvalue weighted by atomic mass is 79.9. The number of hydrogen-bond acceptors (Lipinski definition) is 2. The van der Waals surface area contributed by atoms with Gasteiger partial charge in [0, 0.05) is 23.8 Å². The van der Waals surface area contributed by atoms with Crippen LogP contribution < -0.4 is 0 Å². The topological polar surface area (TPSA) is 37.6 Å². The lowest BCUT2D eigenvalue weighted by atomic mass is 10.2. The lowest BCUT2D eigenvalue weighted by Gasteiger charge is -2.22. The van der Waals surface area contributed by atoms with Gasteiger partial charge in [0.1, 0.15) is 11.3 Å². The molecule has 4 nitrogen and oxygen atoms in total. The van der Waals surface area contributed by atoms with Gasteiger partial charge in [-0.2, -0.15) is 0 Å². The van der Waals surface area contributed by atoms with Crippen LogP contribution in [0.25, 0.3) is 5.65 Å². The van der Waals surface area contributed by atoms with Crippen LogP contribution >= 0.6 is 15.9 Å². The monoisotopic (exact) mass is 365 g/mol. The molecule has 22 heavy (non-hydrogen) atoms. The minimum absolute atomic E-state index is 0.0880. The molecule has 120 valence electrons. The largest absolute Gasteiger partial charge is 0.337 e. The molecule has 2 heterocycles. The van der Waals surface area contributed by atoms with Crippen LogP contribution in [0.2, 0.25) is 0 Å². The number of carbonyl (C=O) groups is 1. The average Bonchev–Trinajstić information content (AvgIpc) is 2.82. The van der Waals surface area contributed by atoms with E-state index >= 15 is 0 Å². The van der Waals surface area contributed by atoms with Gasteiger partial charge in [-0.3, -0.25) is 9.20 Å². The molecule has 0 saturated carbocycles. The van der Waals surface area contributed by atoms with Gasteiger partial charge >= 0.3 is 0 Å². The van der Waals surface area contributed by atoms with Gasteiger partial charge < -0.3 is 4.90 Å². The van der Waals surface area contributed by atoms with Gasteiger partial charge in [-0.1, -0.05) is 26.7 Å². The van der Waals surface area contributed by atoms with Gasteiger partial charge in [0.2, 0.25) is 0 Å². The molecule has 0 spiro atoms. The van der Waals surface area contributed by atoms with Crippen molar-refractivity contribution in [3.63, 3.8) is 0 Å². The Hall–Kier alpha value is -1.36. The van der Waals surface area contributed by atoms with Crippen LogP contribution in [0.4, 0.5) is 0 Å². The van der Waals surface area contributed by atoms with E-state index in [2.05, 4.69) is 34.8 Å². The molecule has 5 heteroatoms. The maximum atomic E-state index is 13.0. The molecule has 0 atom stereocenters. The molecule has 0 aromatic carbocycles. The summed E-state index contributed by atoms with van der Waals surface area (Å²) in [6.45, 7) is 7.84. The summed E-state index contributed by atoms with van der Waals surface area (Å²) in [4.78, 5) is 19.5. The summed E-state index contributed by atoms with van der Waals surface area (Å²) < 4.78 is 2.84. The van der Waals surface area contributed by atoms with Crippen LogP contribution in [0.15, 0.2) is 22.8 Å². The Labute approximate surface area is 140 Å². The molecular formula is C17H24BrN3O. The van der Waals surface area contributed by atoms with Crippen molar-refractivity contribution in [2.45, 2.75) is 46.5 Å². The fraction of sp³-hybridized carbons (Fsp3) is 0.529. The third-order valence-electron chi connectivity index (χ3n) is 3.81. The van der Waals surface area contributed by atoms with E-state index in [0.29, 0.717) is 5.69 Å². The normalized spacial score (nSPS) is 11.1. The molecule has 0 unspecified atom stereocenters. The molecule has 1 amide bonds. The summed E-state index contributed by atoms with van der Waals surface area (Å²) >= 11 is 3.47. The fourth-order valence-corrected chi connectivity index (χ4v) is 2.89. The van der Waals surface area contributed by atoms with E-state index in [1.165, 1.54) is 0 Å². The molecule has 2 aromatic heterocycles. The third kappa shape index (κ3) is 3.69. The van der Waals surface area contributed by atoms with Gasteiger partial charge in [-0.05, 0) is 47.8 Å². The van der Waals surface area contributed by atoms with Crippen LogP contribution in [0.5, 0.6) is 0 Å². The number of unbranched alkanes of at least 4 members (excludes halogenated alkanes) is 2. The van der Waals surface area contributed by atoms with Gasteiger partial charge in [-0.15, -0.1) is 0 Å². The van der Waals surface area contributed by atoms with Crippen molar-refractivity contribution in [3.05, 3.63) is 34.2 Å². The molecule has 2 rings (SSSR count). The number of rotatable bonds is 7. The zero-order chi connectivity index (χ0) is 16.1. The van der Waals surface area contributed by atoms with Gasteiger partial charge in [0.15, 0.2) is 0 Å². The summed E-state index contributed by atoms with van der Waals surface area (Å²) in [6.07, 6.45) is 6.17. The molecule has 0 aliphatic carbocycles. The average molecular weight is 366 g/mol. The summed E-state index contributed by atoms with van der Waals surface area (Å²) in [5, 5.41) is 0. The zero-order valence-corrected chi connectivity index (χ0v) is 15.2. The number of hydrogen-bond donors (Lipinski definition) is 0. The van der Waals surface area contributed by atoms with Crippen molar-refractivity contribution >= 4 is 27.5 Å². The van der Waals surface area contributed by atoms with Gasteiger partial charge in [0.05, 0.1) is 5.69 Å². The van der Waals surface area contributed by atoms with Crippen LogP contribution in [-0.4, -0.2) is 33.3 Å². The van der Waals surface area contributed by atoms with Gasteiger partial charge in [-0.25, -0.2) is 4.98 Å². The predicted molar refractivity (Wildman–Crippen MR) is 93.3 cm³/mol. The Morgan fingerprint density at radius 2 is 1.86 bits per heavy atom. The number of imidazole rings is 1. The maximum absolute atomic E-state index is 13.0. The SMILES string of the molecule is CCCCN(CCCC)C(=O)c1c(C)nc2ccc(Br)cn12. The number of amides is 1. The van der Waals surface area contributed by atoms with E-state index < -0.39 is 0 Å². The molecule has 0 aliphatic rings. The first-order valence-electron chi connectivity index (χ1n) is 8.02. The summed E-state index contributed by atoms with van der Waals surface area (Å²) in [6, 6.07) is 3.87. The zero-order valence-electron chi connectivity index (χ0n) is 13.6. The van der Waals surface area contributed by atoms with Gasteiger partial charge in [0.25, 0.3) is 5.91 Å². The van der Waals surface area contributed by atoms with E-state index in [9.17, 15) is 4.79 Å². The number of pyridine rings is 1. The summed E-state index contributed by atoms with van der Waals surface area (Å²) in [5.41, 5.74) is 2.29. The van der Waals surface area contributed by atoms with Crippen LogP contribution in [0.1, 0.15) is 55.7 Å². The van der Waals surface area contributed by atoms with E-state index in [-0.39, 0.29) is 5.91 Å². The molecule has 0 bridgehead atoms. The number of aryl methyl sites for hydroxylation is 1. The second-order valence-electron chi connectivity index (χ2n) is 5.62. The number of nitrogens with zero attached hydrogens (tertiary/aromatic N) is 3. The highest BCUT2D eigenvalue weighted by Gasteiger charge is 2.22. The lowest BCUT2D eigenvalue weighted by Crippen LogP contribution is -2.34. The van der Waals surface area contributed by atoms with E-state index in [1.54, 1.807) is 0 Å². The molecule has 0 saturated heterocycles. The molecule has 0 radical (unpaired) electrons. The highest BCUT2D eigenvalue weighted by Crippen LogP contribution is 2.18. The Morgan fingerprint density at radius 3 is 2.45 bits per heavy atom. The third-order valence-corrected chi connectivity index (χ3v) is 4.28. The minimum Gasteiger partial charge on any atom is -0.337 e. The molecule has 0 aliphatic heterocycles. The number of carbonyl (C=O) groups excluding carboxylic acids is 1. The molecule has 2 aromatic rings. The van der Waals surface area contributed by atoms with Crippen molar-refractivity contribution < 1.29 is 4.79 Å². The first kappa shape index (κ1) is 17.0. The quantitative estimate of drug-likeness (QED) is 0.726. The van der Waals surface area contributed by atoms with Crippen molar-refractivity contribution in [1.82, 2.24) is 14.3 Å². The van der Waals surface area contributed by atoms with Crippen LogP contribution in [0, 0.1) is 6.92 Å². The second kappa shape index (κ2) is 7.77. The summed E-state index contributed by atoms with van der Waals surface area (Å²) in [7, 11) is 0. The predicted octanol–water partition coefficient (Wildman–Crippen LogP) is 4.45. The fourth-order valence-electron chi connectivity index (χ4n) is 2.56. The number of halogens is 1. The standard InChI is InChI=1S/C17H24BrN3O/c1-4-6-10-20(11-7-5-2)17(22)16-13(3)19-15-9-8-14(18)12-21(15)16/h8-9,12H,4-7,10-11H2,1-3H3. The van der Waals surface area contributed by atoms with E-state index in [4.69, 9.17) is 0 Å². The van der Waals surface area contributed by atoms with E-state index in [0.717, 1.165) is 54.6 Å². The molecular weight excluding hydrogens is 342 g/mol. The number of aromatic nitrogens is 2. The Kier molecular flexibility index (Phi) is 6.00. The second-order valence-corrected chi connectivity index (χ2v) is 6.54. The Balaban J connectivity index is 2.36. The van der Waals surface area contributed by atoms with Crippen molar-refractivity contribution in [3.8, 4) is 0 Å². The van der Waals surface area contributed by atoms with E-state index in [1.807, 2.05) is 34.6 Å². The van der Waals surface area contributed by atoms with Crippen molar-refractivity contribution in [2.75, 3.05) is 13.1 Å². The first-order chi connectivity index (χ1) is 10.6. The molecule has 0 fully saturated rings. The lowest BCUT2D eigenvalue weighted by molar-refractivity contribution is 0.0743. The Morgan fingerprint density at radius 1 is 1.23 bits per heavy atom. The maximum Gasteiger partial charge on any atom is 0.272 e. The minimum atomic E-state index is 0.0880. The van der Waals surface area contributed by atoms with Crippen LogP contribution in [-0.2, 0) is 0 Å².